The summed E-state index contributed by atoms with van der Waals surface area (Å²) < 4.78 is 8.91. The fraction of sp³-hybridized carbons (Fsp3) is 0. The third-order valence-corrected chi connectivity index (χ3v) is 1.16. The Bertz CT molecular complexity index is 299. The fourth-order valence-corrected chi connectivity index (χ4v) is 0.704. The van der Waals surface area contributed by atoms with E-state index in [-0.39, 0.29) is 0 Å². The van der Waals surface area contributed by atoms with Gasteiger partial charge in [-0.25, -0.2) is 4.79 Å². The summed E-state index contributed by atoms with van der Waals surface area (Å²) in [5.41, 5.74) is 0. The highest BCUT2D eigenvalue weighted by molar-refractivity contribution is 6.35. The van der Waals surface area contributed by atoms with Crippen LogP contribution < -0.4 is 4.65 Å². The summed E-state index contributed by atoms with van der Waals surface area (Å²) >= 11 is 0. The predicted molar refractivity (Wildman–Crippen MR) is 44.2 cm³/mol. The van der Waals surface area contributed by atoms with Crippen LogP contribution in [0.5, 0.6) is 5.75 Å². The van der Waals surface area contributed by atoms with Crippen LogP contribution >= 0.6 is 0 Å². The highest BCUT2D eigenvalue weighted by atomic mass is 16.8. The van der Waals surface area contributed by atoms with E-state index in [2.05, 4.69) is 9.91 Å². The second-order valence-corrected chi connectivity index (χ2v) is 2.03. The molecule has 66 valence electrons. The van der Waals surface area contributed by atoms with E-state index in [1.807, 2.05) is 0 Å². The summed E-state index contributed by atoms with van der Waals surface area (Å²) in [6.07, 6.45) is 1.10. The highest BCUT2D eigenvalue weighted by Crippen LogP contribution is 2.08. The molecule has 0 saturated heterocycles. The maximum Gasteiger partial charge on any atom is 0.807 e. The second-order valence-electron chi connectivity index (χ2n) is 2.03. The molecule has 0 radical (unpaired) electrons. The van der Waals surface area contributed by atoms with Gasteiger partial charge in [0.25, 0.3) is 6.08 Å². The minimum absolute atomic E-state index is 0.413. The lowest BCUT2D eigenvalue weighted by molar-refractivity contribution is 0.201. The first kappa shape index (κ1) is 9.31. The molecule has 0 aliphatic rings. The molecule has 1 N–H and O–H groups in total. The van der Waals surface area contributed by atoms with Crippen molar-refractivity contribution >= 4 is 13.4 Å². The van der Waals surface area contributed by atoms with Crippen molar-refractivity contribution in [1.29, 1.82) is 0 Å². The molecule has 13 heavy (non-hydrogen) atoms. The van der Waals surface area contributed by atoms with Crippen molar-refractivity contribution < 1.29 is 19.2 Å². The van der Waals surface area contributed by atoms with E-state index in [1.54, 1.807) is 30.3 Å². The van der Waals surface area contributed by atoms with Gasteiger partial charge in [-0.05, 0) is 17.3 Å². The van der Waals surface area contributed by atoms with Crippen LogP contribution in [-0.2, 0) is 9.55 Å². The first-order chi connectivity index (χ1) is 6.33. The summed E-state index contributed by atoms with van der Waals surface area (Å²) in [6, 6.07) is 8.49. The number of hydrogen-bond acceptors (Lipinski definition) is 5. The van der Waals surface area contributed by atoms with Crippen molar-refractivity contribution in [2.24, 2.45) is 5.16 Å². The summed E-state index contributed by atoms with van der Waals surface area (Å²) in [5, 5.41) is 11.6. The molecule has 6 heteroatoms. The normalized spacial score (nSPS) is 8.38. The molecule has 0 spiro atoms. The molecule has 0 aromatic heterocycles. The lowest BCUT2D eigenvalue weighted by atomic mass is 10.2. The molecule has 0 amide bonds. The van der Waals surface area contributed by atoms with Crippen LogP contribution in [0.25, 0.3) is 0 Å². The summed E-state index contributed by atoms with van der Waals surface area (Å²) in [5.74, 6) is 0.413. The monoisotopic (exact) mass is 179 g/mol. The van der Waals surface area contributed by atoms with Gasteiger partial charge in [0.1, 0.15) is 5.75 Å². The van der Waals surface area contributed by atoms with Gasteiger partial charge in [-0.3, -0.25) is 0 Å². The van der Waals surface area contributed by atoms with Gasteiger partial charge in [0.15, 0.2) is 0 Å². The average Bonchev–Trinajstić information content (AvgIpc) is 2.16. The number of para-hydroxylation sites is 1. The van der Waals surface area contributed by atoms with Gasteiger partial charge >= 0.3 is 7.32 Å². The topological polar surface area (TPSA) is 68.1 Å². The van der Waals surface area contributed by atoms with Gasteiger partial charge in [-0.1, -0.05) is 18.2 Å². The van der Waals surface area contributed by atoms with Crippen molar-refractivity contribution in [2.45, 2.75) is 0 Å². The van der Waals surface area contributed by atoms with Gasteiger partial charge < -0.3 is 14.4 Å². The highest BCUT2D eigenvalue weighted by Gasteiger charge is 2.20. The molecule has 0 heterocycles. The van der Waals surface area contributed by atoms with Gasteiger partial charge in [-0.2, -0.15) is 0 Å². The molecular formula is C7H6BNO4. The minimum Gasteiger partial charge on any atom is -0.500 e. The van der Waals surface area contributed by atoms with E-state index in [9.17, 15) is 4.79 Å². The van der Waals surface area contributed by atoms with Crippen molar-refractivity contribution in [3.05, 3.63) is 30.3 Å². The third kappa shape index (κ3) is 3.42. The summed E-state index contributed by atoms with van der Waals surface area (Å²) in [7, 11) is -1.59. The van der Waals surface area contributed by atoms with E-state index in [0.29, 0.717) is 5.75 Å². The van der Waals surface area contributed by atoms with Crippen molar-refractivity contribution in [1.82, 2.24) is 0 Å². The molecule has 0 saturated carbocycles. The quantitative estimate of drug-likeness (QED) is 0.312. The molecule has 0 bridgehead atoms. The summed E-state index contributed by atoms with van der Waals surface area (Å²) in [6.45, 7) is 0. The molecule has 0 fully saturated rings. The van der Waals surface area contributed by atoms with Crippen LogP contribution in [0.3, 0.4) is 0 Å². The fourth-order valence-electron chi connectivity index (χ4n) is 0.704. The maximum absolute atomic E-state index is 9.58. The Hall–Kier alpha value is -1.78. The average molecular weight is 179 g/mol. The Morgan fingerprint density at radius 3 is 2.69 bits per heavy atom. The first-order valence-electron chi connectivity index (χ1n) is 3.45. The third-order valence-electron chi connectivity index (χ3n) is 1.16. The molecular weight excluding hydrogens is 173 g/mol. The van der Waals surface area contributed by atoms with Gasteiger partial charge in [0.2, 0.25) is 0 Å². The Labute approximate surface area is 74.8 Å². The number of hydrogen-bond donors (Lipinski definition) is 1. The van der Waals surface area contributed by atoms with Gasteiger partial charge in [0, 0.05) is 0 Å². The molecule has 5 nitrogen and oxygen atoms in total. The predicted octanol–water partition coefficient (Wildman–Crippen LogP) is 0.310. The molecule has 0 aliphatic heterocycles. The molecule has 0 aliphatic carbocycles. The standard InChI is InChI=1S/C7H6BNO4/c10-6-9-13-8(11)12-7-4-2-1-3-5-7/h1-5,11H. The van der Waals surface area contributed by atoms with Crippen LogP contribution in [0, 0.1) is 0 Å². The zero-order chi connectivity index (χ0) is 9.52. The van der Waals surface area contributed by atoms with Gasteiger partial charge in [0.05, 0.1) is 0 Å². The van der Waals surface area contributed by atoms with Crippen molar-refractivity contribution in [3.63, 3.8) is 0 Å². The van der Waals surface area contributed by atoms with E-state index in [1.165, 1.54) is 0 Å². The first-order valence-corrected chi connectivity index (χ1v) is 3.45. The Morgan fingerprint density at radius 1 is 1.38 bits per heavy atom. The largest absolute Gasteiger partial charge is 0.807 e. The zero-order valence-electron chi connectivity index (χ0n) is 6.58. The molecule has 0 atom stereocenters. The minimum atomic E-state index is -1.59. The van der Waals surface area contributed by atoms with E-state index in [4.69, 9.17) is 9.68 Å². The lowest BCUT2D eigenvalue weighted by Gasteiger charge is -2.04. The zero-order valence-corrected chi connectivity index (χ0v) is 6.58. The van der Waals surface area contributed by atoms with Crippen molar-refractivity contribution in [3.8, 4) is 5.75 Å². The van der Waals surface area contributed by atoms with Crippen molar-refractivity contribution in [2.75, 3.05) is 0 Å². The number of benzene rings is 1. The number of isocyanates is 1. The molecule has 0 unspecified atom stereocenters. The van der Waals surface area contributed by atoms with Gasteiger partial charge in [-0.15, -0.1) is 0 Å². The number of nitrogens with zero attached hydrogens (tertiary/aromatic N) is 1. The SMILES string of the molecule is O=C=NOB(O)Oc1ccccc1. The maximum atomic E-state index is 9.58. The van der Waals surface area contributed by atoms with Crippen LogP contribution in [0.2, 0.25) is 0 Å². The van der Waals surface area contributed by atoms with Crippen LogP contribution in [-0.4, -0.2) is 18.4 Å². The number of carbonyl (C=O) groups excluding carboxylic acids is 1. The molecule has 1 aromatic carbocycles. The Morgan fingerprint density at radius 2 is 2.08 bits per heavy atom. The summed E-state index contributed by atoms with van der Waals surface area (Å²) in [4.78, 5) is 9.58. The Balaban J connectivity index is 2.45. The van der Waals surface area contributed by atoms with Crippen LogP contribution in [0.1, 0.15) is 0 Å². The molecule has 1 aromatic rings. The smallest absolute Gasteiger partial charge is 0.500 e. The van der Waals surface area contributed by atoms with E-state index in [0.717, 1.165) is 6.08 Å². The van der Waals surface area contributed by atoms with E-state index >= 15 is 0 Å². The lowest BCUT2D eigenvalue weighted by Crippen LogP contribution is -2.23. The Kier molecular flexibility index (Phi) is 3.56. The molecule has 1 rings (SSSR count). The van der Waals surface area contributed by atoms with E-state index < -0.39 is 7.32 Å². The number of rotatable bonds is 4. The second kappa shape index (κ2) is 4.98. The van der Waals surface area contributed by atoms with Crippen LogP contribution in [0.4, 0.5) is 0 Å². The van der Waals surface area contributed by atoms with Crippen LogP contribution in [0.15, 0.2) is 35.5 Å².